The predicted molar refractivity (Wildman–Crippen MR) is 65.3 cm³/mol. The minimum Gasteiger partial charge on any atom is -0.399 e. The van der Waals surface area contributed by atoms with Gasteiger partial charge in [-0.15, -0.1) is 0 Å². The van der Waals surface area contributed by atoms with Crippen LogP contribution in [0.1, 0.15) is 27.7 Å². The molecule has 1 aromatic rings. The van der Waals surface area contributed by atoms with Crippen LogP contribution in [-0.2, 0) is 9.41 Å². The molecule has 1 aromatic carbocycles. The standard InChI is InChI=1S/C12H18BNO2/c1-11(2)12(3,4)15-13(16-14-11)10-8-6-5-7-9-10/h5-9,14H,1-4H3. The van der Waals surface area contributed by atoms with Gasteiger partial charge in [0.25, 0.3) is 0 Å². The molecule has 1 aliphatic heterocycles. The number of hydrogen-bond donors (Lipinski definition) is 1. The van der Waals surface area contributed by atoms with Crippen LogP contribution in [0, 0.1) is 0 Å². The van der Waals surface area contributed by atoms with Gasteiger partial charge in [-0.05, 0) is 33.2 Å². The average molecular weight is 219 g/mol. The van der Waals surface area contributed by atoms with E-state index in [9.17, 15) is 0 Å². The number of nitrogens with one attached hydrogen (secondary N) is 1. The van der Waals surface area contributed by atoms with E-state index in [2.05, 4.69) is 33.2 Å². The van der Waals surface area contributed by atoms with Crippen molar-refractivity contribution in [1.29, 1.82) is 0 Å². The predicted octanol–water partition coefficient (Wildman–Crippen LogP) is 1.49. The fourth-order valence-electron chi connectivity index (χ4n) is 1.51. The molecule has 3 nitrogen and oxygen atoms in total. The number of rotatable bonds is 1. The summed E-state index contributed by atoms with van der Waals surface area (Å²) in [5, 5.41) is 0. The molecular formula is C12H18BNO2. The summed E-state index contributed by atoms with van der Waals surface area (Å²) in [6.45, 7) is 8.26. The molecule has 0 saturated carbocycles. The summed E-state index contributed by atoms with van der Waals surface area (Å²) >= 11 is 0. The van der Waals surface area contributed by atoms with Gasteiger partial charge in [-0.2, -0.15) is 0 Å². The summed E-state index contributed by atoms with van der Waals surface area (Å²) in [6.07, 6.45) is 0. The van der Waals surface area contributed by atoms with Crippen molar-refractivity contribution in [3.8, 4) is 0 Å². The smallest absolute Gasteiger partial charge is 0.399 e. The fourth-order valence-corrected chi connectivity index (χ4v) is 1.51. The van der Waals surface area contributed by atoms with Gasteiger partial charge in [-0.3, -0.25) is 0 Å². The third-order valence-corrected chi connectivity index (χ3v) is 3.40. The molecule has 0 spiro atoms. The van der Waals surface area contributed by atoms with E-state index >= 15 is 0 Å². The molecule has 4 heteroatoms. The Morgan fingerprint density at radius 3 is 2.25 bits per heavy atom. The number of hydroxylamine groups is 1. The van der Waals surface area contributed by atoms with Gasteiger partial charge in [0.1, 0.15) is 0 Å². The first-order chi connectivity index (χ1) is 7.42. The third kappa shape index (κ3) is 2.01. The van der Waals surface area contributed by atoms with Gasteiger partial charge in [0.05, 0.1) is 11.1 Å². The van der Waals surface area contributed by atoms with Crippen molar-refractivity contribution in [3.63, 3.8) is 0 Å². The van der Waals surface area contributed by atoms with Crippen LogP contribution in [0.3, 0.4) is 0 Å². The van der Waals surface area contributed by atoms with Crippen molar-refractivity contribution in [3.05, 3.63) is 30.3 Å². The molecular weight excluding hydrogens is 201 g/mol. The Hall–Kier alpha value is -0.835. The molecule has 1 N–H and O–H groups in total. The molecule has 0 aliphatic carbocycles. The molecule has 0 radical (unpaired) electrons. The highest BCUT2D eigenvalue weighted by Crippen LogP contribution is 2.29. The zero-order chi connectivity index (χ0) is 11.8. The van der Waals surface area contributed by atoms with Crippen LogP contribution in [0.2, 0.25) is 0 Å². The van der Waals surface area contributed by atoms with Crippen LogP contribution in [0.4, 0.5) is 0 Å². The van der Waals surface area contributed by atoms with E-state index < -0.39 is 0 Å². The summed E-state index contributed by atoms with van der Waals surface area (Å²) in [4.78, 5) is 0. The van der Waals surface area contributed by atoms with Gasteiger partial charge in [-0.1, -0.05) is 30.3 Å². The highest BCUT2D eigenvalue weighted by atomic mass is 16.7. The maximum Gasteiger partial charge on any atom is 0.511 e. The number of hydrogen-bond acceptors (Lipinski definition) is 3. The first-order valence-electron chi connectivity index (χ1n) is 5.58. The molecule has 0 aromatic heterocycles. The second-order valence-corrected chi connectivity index (χ2v) is 5.22. The largest absolute Gasteiger partial charge is 0.511 e. The lowest BCUT2D eigenvalue weighted by Gasteiger charge is -2.47. The minimum absolute atomic E-state index is 0.210. The maximum absolute atomic E-state index is 5.99. The lowest BCUT2D eigenvalue weighted by atomic mass is 9.74. The Morgan fingerprint density at radius 2 is 1.69 bits per heavy atom. The molecule has 0 amide bonds. The van der Waals surface area contributed by atoms with Gasteiger partial charge >= 0.3 is 7.12 Å². The summed E-state index contributed by atoms with van der Waals surface area (Å²) < 4.78 is 11.5. The molecule has 2 rings (SSSR count). The van der Waals surface area contributed by atoms with Gasteiger partial charge in [0.15, 0.2) is 0 Å². The Labute approximate surface area is 97.2 Å². The number of benzene rings is 1. The molecule has 1 fully saturated rings. The van der Waals surface area contributed by atoms with Gasteiger partial charge in [0.2, 0.25) is 0 Å². The molecule has 1 saturated heterocycles. The second-order valence-electron chi connectivity index (χ2n) is 5.22. The van der Waals surface area contributed by atoms with E-state index in [0.717, 1.165) is 5.46 Å². The quantitative estimate of drug-likeness (QED) is 0.726. The van der Waals surface area contributed by atoms with E-state index in [0.29, 0.717) is 0 Å². The van der Waals surface area contributed by atoms with Crippen LogP contribution >= 0.6 is 0 Å². The van der Waals surface area contributed by atoms with E-state index in [1.807, 2.05) is 30.3 Å². The van der Waals surface area contributed by atoms with Crippen LogP contribution in [0.15, 0.2) is 30.3 Å². The zero-order valence-electron chi connectivity index (χ0n) is 10.3. The van der Waals surface area contributed by atoms with E-state index in [-0.39, 0.29) is 18.3 Å². The molecule has 0 unspecified atom stereocenters. The fraction of sp³-hybridized carbons (Fsp3) is 0.500. The molecule has 0 bridgehead atoms. The Morgan fingerprint density at radius 1 is 1.06 bits per heavy atom. The van der Waals surface area contributed by atoms with Crippen molar-refractivity contribution in [2.75, 3.05) is 0 Å². The van der Waals surface area contributed by atoms with Crippen LogP contribution in [0.25, 0.3) is 0 Å². The second kappa shape index (κ2) is 3.88. The first kappa shape index (κ1) is 11.6. The summed E-state index contributed by atoms with van der Waals surface area (Å²) in [5.74, 6) is 0. The van der Waals surface area contributed by atoms with E-state index in [1.165, 1.54) is 0 Å². The van der Waals surface area contributed by atoms with Crippen molar-refractivity contribution in [2.24, 2.45) is 0 Å². The van der Waals surface area contributed by atoms with Gasteiger partial charge in [0, 0.05) is 0 Å². The SMILES string of the molecule is CC1(C)NOB(c2ccccc2)OC1(C)C. The highest BCUT2D eigenvalue weighted by Gasteiger charge is 2.47. The van der Waals surface area contributed by atoms with E-state index in [1.54, 1.807) is 0 Å². The lowest BCUT2D eigenvalue weighted by molar-refractivity contribution is -0.105. The molecule has 86 valence electrons. The summed E-state index contributed by atoms with van der Waals surface area (Å²) in [7, 11) is -0.343. The van der Waals surface area contributed by atoms with Crippen LogP contribution in [0.5, 0.6) is 0 Å². The zero-order valence-corrected chi connectivity index (χ0v) is 10.3. The Balaban J connectivity index is 2.18. The molecule has 1 heterocycles. The van der Waals surface area contributed by atoms with Crippen molar-refractivity contribution in [1.82, 2.24) is 5.48 Å². The normalized spacial score (nSPS) is 23.1. The summed E-state index contributed by atoms with van der Waals surface area (Å²) in [6, 6.07) is 9.94. The van der Waals surface area contributed by atoms with Gasteiger partial charge < -0.3 is 9.41 Å². The molecule has 0 atom stereocenters. The van der Waals surface area contributed by atoms with Gasteiger partial charge in [-0.25, -0.2) is 5.48 Å². The van der Waals surface area contributed by atoms with Crippen molar-refractivity contribution >= 4 is 12.6 Å². The van der Waals surface area contributed by atoms with E-state index in [4.69, 9.17) is 9.41 Å². The lowest BCUT2D eigenvalue weighted by Crippen LogP contribution is -2.67. The Kier molecular flexibility index (Phi) is 2.82. The first-order valence-corrected chi connectivity index (χ1v) is 5.58. The molecule has 1 aliphatic rings. The average Bonchev–Trinajstić information content (AvgIpc) is 2.23. The Bertz CT molecular complexity index is 365. The third-order valence-electron chi connectivity index (χ3n) is 3.40. The maximum atomic E-state index is 5.99. The summed E-state index contributed by atoms with van der Waals surface area (Å²) in [5.41, 5.74) is 3.60. The molecule has 16 heavy (non-hydrogen) atoms. The topological polar surface area (TPSA) is 30.5 Å². The van der Waals surface area contributed by atoms with Crippen molar-refractivity contribution < 1.29 is 9.41 Å². The van der Waals surface area contributed by atoms with Crippen LogP contribution < -0.4 is 10.9 Å². The highest BCUT2D eigenvalue weighted by molar-refractivity contribution is 6.61. The van der Waals surface area contributed by atoms with Crippen LogP contribution in [-0.4, -0.2) is 18.3 Å². The monoisotopic (exact) mass is 219 g/mol. The minimum atomic E-state index is -0.343. The van der Waals surface area contributed by atoms with Crippen molar-refractivity contribution in [2.45, 2.75) is 38.8 Å².